The van der Waals surface area contributed by atoms with Gasteiger partial charge in [-0.25, -0.2) is 0 Å². The molecule has 1 heterocycles. The number of aliphatic hydroxyl groups is 1. The fourth-order valence-corrected chi connectivity index (χ4v) is 1.38. The average molecular weight is 129 g/mol. The molecular formula is C7H15NO. The smallest absolute Gasteiger partial charge is 0.0584 e. The Hall–Kier alpha value is -0.0800. The van der Waals surface area contributed by atoms with Crippen molar-refractivity contribution >= 4 is 0 Å². The maximum absolute atomic E-state index is 8.74. The first kappa shape index (κ1) is 7.03. The van der Waals surface area contributed by atoms with Crippen LogP contribution in [-0.4, -0.2) is 23.8 Å². The molecule has 0 aromatic heterocycles. The summed E-state index contributed by atoms with van der Waals surface area (Å²) >= 11 is 0. The number of aliphatic hydroxyl groups excluding tert-OH is 1. The van der Waals surface area contributed by atoms with Gasteiger partial charge in [-0.05, 0) is 19.3 Å². The second kappa shape index (κ2) is 2.67. The predicted octanol–water partition coefficient (Wildman–Crippen LogP) is 0.365. The SMILES string of the molecule is C[C@@H]1N[C@H](CO)C[C@@H]1C. The van der Waals surface area contributed by atoms with Crippen molar-refractivity contribution in [3.63, 3.8) is 0 Å². The van der Waals surface area contributed by atoms with Gasteiger partial charge in [0.25, 0.3) is 0 Å². The molecule has 0 radical (unpaired) electrons. The highest BCUT2D eigenvalue weighted by Gasteiger charge is 2.25. The largest absolute Gasteiger partial charge is 0.395 e. The lowest BCUT2D eigenvalue weighted by atomic mass is 10.0. The van der Waals surface area contributed by atoms with Crippen molar-refractivity contribution < 1.29 is 5.11 Å². The van der Waals surface area contributed by atoms with Gasteiger partial charge in [0, 0.05) is 12.1 Å². The summed E-state index contributed by atoms with van der Waals surface area (Å²) in [6.45, 7) is 4.67. The summed E-state index contributed by atoms with van der Waals surface area (Å²) in [6, 6.07) is 0.942. The van der Waals surface area contributed by atoms with E-state index in [4.69, 9.17) is 5.11 Å². The minimum Gasteiger partial charge on any atom is -0.395 e. The van der Waals surface area contributed by atoms with Crippen LogP contribution in [0, 0.1) is 5.92 Å². The Kier molecular flexibility index (Phi) is 2.09. The van der Waals surface area contributed by atoms with Gasteiger partial charge in [0.1, 0.15) is 0 Å². The topological polar surface area (TPSA) is 32.3 Å². The Morgan fingerprint density at radius 2 is 2.22 bits per heavy atom. The molecular weight excluding hydrogens is 114 g/mol. The molecule has 54 valence electrons. The highest BCUT2D eigenvalue weighted by molar-refractivity contribution is 4.84. The van der Waals surface area contributed by atoms with Gasteiger partial charge in [-0.2, -0.15) is 0 Å². The van der Waals surface area contributed by atoms with Gasteiger partial charge in [0.15, 0.2) is 0 Å². The molecule has 1 saturated heterocycles. The molecule has 2 heteroatoms. The minimum absolute atomic E-state index is 0.286. The van der Waals surface area contributed by atoms with Crippen molar-refractivity contribution in [3.05, 3.63) is 0 Å². The molecule has 0 unspecified atom stereocenters. The Bertz CT molecular complexity index is 84.9. The maximum atomic E-state index is 8.74. The summed E-state index contributed by atoms with van der Waals surface area (Å²) < 4.78 is 0. The third kappa shape index (κ3) is 1.43. The molecule has 0 spiro atoms. The van der Waals surface area contributed by atoms with Crippen LogP contribution in [0.1, 0.15) is 20.3 Å². The van der Waals surface area contributed by atoms with E-state index in [0.717, 1.165) is 12.3 Å². The van der Waals surface area contributed by atoms with Crippen LogP contribution in [0.3, 0.4) is 0 Å². The van der Waals surface area contributed by atoms with Gasteiger partial charge in [0.05, 0.1) is 6.61 Å². The van der Waals surface area contributed by atoms with Crippen molar-refractivity contribution in [1.29, 1.82) is 0 Å². The normalized spacial score (nSPS) is 43.7. The number of hydrogen-bond donors (Lipinski definition) is 2. The molecule has 1 aliphatic rings. The molecule has 9 heavy (non-hydrogen) atoms. The summed E-state index contributed by atoms with van der Waals surface area (Å²) in [5, 5.41) is 12.0. The summed E-state index contributed by atoms with van der Waals surface area (Å²) in [6.07, 6.45) is 1.12. The molecule has 1 aliphatic heterocycles. The van der Waals surface area contributed by atoms with Crippen molar-refractivity contribution in [2.75, 3.05) is 6.61 Å². The van der Waals surface area contributed by atoms with E-state index in [1.807, 2.05) is 0 Å². The first-order valence-electron chi connectivity index (χ1n) is 3.61. The Morgan fingerprint density at radius 1 is 1.56 bits per heavy atom. The summed E-state index contributed by atoms with van der Waals surface area (Å²) in [7, 11) is 0. The zero-order valence-electron chi connectivity index (χ0n) is 6.09. The Labute approximate surface area is 56.3 Å². The van der Waals surface area contributed by atoms with Crippen molar-refractivity contribution in [1.82, 2.24) is 5.32 Å². The predicted molar refractivity (Wildman–Crippen MR) is 37.3 cm³/mol. The van der Waals surface area contributed by atoms with E-state index in [-0.39, 0.29) is 6.61 Å². The Balaban J connectivity index is 2.35. The van der Waals surface area contributed by atoms with E-state index in [9.17, 15) is 0 Å². The molecule has 0 aliphatic carbocycles. The van der Waals surface area contributed by atoms with Crippen molar-refractivity contribution in [2.45, 2.75) is 32.4 Å². The third-order valence-corrected chi connectivity index (χ3v) is 2.23. The summed E-state index contributed by atoms with van der Waals surface area (Å²) in [5.74, 6) is 0.724. The molecule has 2 N–H and O–H groups in total. The third-order valence-electron chi connectivity index (χ3n) is 2.23. The van der Waals surface area contributed by atoms with E-state index in [1.165, 1.54) is 0 Å². The van der Waals surface area contributed by atoms with Crippen LogP contribution in [0.15, 0.2) is 0 Å². The van der Waals surface area contributed by atoms with Crippen LogP contribution in [0.25, 0.3) is 0 Å². The lowest BCUT2D eigenvalue weighted by Gasteiger charge is -2.07. The highest BCUT2D eigenvalue weighted by Crippen LogP contribution is 2.18. The molecule has 0 aromatic rings. The van der Waals surface area contributed by atoms with Crippen molar-refractivity contribution in [2.24, 2.45) is 5.92 Å². The van der Waals surface area contributed by atoms with Crippen LogP contribution < -0.4 is 5.32 Å². The lowest BCUT2D eigenvalue weighted by molar-refractivity contribution is 0.251. The van der Waals surface area contributed by atoms with E-state index < -0.39 is 0 Å². The van der Waals surface area contributed by atoms with E-state index in [2.05, 4.69) is 19.2 Å². The van der Waals surface area contributed by atoms with Gasteiger partial charge >= 0.3 is 0 Å². The molecule has 3 atom stereocenters. The van der Waals surface area contributed by atoms with Gasteiger partial charge < -0.3 is 10.4 Å². The fraction of sp³-hybridized carbons (Fsp3) is 1.00. The molecule has 0 aromatic carbocycles. The molecule has 0 amide bonds. The zero-order chi connectivity index (χ0) is 6.85. The number of hydrogen-bond acceptors (Lipinski definition) is 2. The average Bonchev–Trinajstić information content (AvgIpc) is 2.13. The molecule has 2 nitrogen and oxygen atoms in total. The second-order valence-electron chi connectivity index (χ2n) is 3.05. The highest BCUT2D eigenvalue weighted by atomic mass is 16.3. The summed E-state index contributed by atoms with van der Waals surface area (Å²) in [4.78, 5) is 0. The molecule has 1 rings (SSSR count). The van der Waals surface area contributed by atoms with Gasteiger partial charge in [-0.1, -0.05) is 6.92 Å². The minimum atomic E-state index is 0.286. The van der Waals surface area contributed by atoms with Crippen LogP contribution in [0.5, 0.6) is 0 Å². The molecule has 0 saturated carbocycles. The van der Waals surface area contributed by atoms with Crippen molar-refractivity contribution in [3.8, 4) is 0 Å². The summed E-state index contributed by atoms with van der Waals surface area (Å²) in [5.41, 5.74) is 0. The van der Waals surface area contributed by atoms with Gasteiger partial charge in [0.2, 0.25) is 0 Å². The van der Waals surface area contributed by atoms with Crippen LogP contribution >= 0.6 is 0 Å². The standard InChI is InChI=1S/C7H15NO/c1-5-3-7(4-9)8-6(5)2/h5-9H,3-4H2,1-2H3/t5-,6-,7-/m0/s1. The van der Waals surface area contributed by atoms with Crippen LogP contribution in [0.4, 0.5) is 0 Å². The quantitative estimate of drug-likeness (QED) is 0.536. The Morgan fingerprint density at radius 3 is 2.44 bits per heavy atom. The van der Waals surface area contributed by atoms with Crippen LogP contribution in [-0.2, 0) is 0 Å². The fourth-order valence-electron chi connectivity index (χ4n) is 1.38. The lowest BCUT2D eigenvalue weighted by Crippen LogP contribution is -2.30. The maximum Gasteiger partial charge on any atom is 0.0584 e. The number of nitrogens with one attached hydrogen (secondary N) is 1. The van der Waals surface area contributed by atoms with Gasteiger partial charge in [-0.15, -0.1) is 0 Å². The van der Waals surface area contributed by atoms with Gasteiger partial charge in [-0.3, -0.25) is 0 Å². The van der Waals surface area contributed by atoms with E-state index in [1.54, 1.807) is 0 Å². The second-order valence-corrected chi connectivity index (χ2v) is 3.05. The first-order chi connectivity index (χ1) is 4.24. The first-order valence-corrected chi connectivity index (χ1v) is 3.61. The molecule has 0 bridgehead atoms. The molecule has 1 fully saturated rings. The number of rotatable bonds is 1. The van der Waals surface area contributed by atoms with E-state index >= 15 is 0 Å². The zero-order valence-corrected chi connectivity index (χ0v) is 6.09. The van der Waals surface area contributed by atoms with E-state index in [0.29, 0.717) is 12.1 Å². The van der Waals surface area contributed by atoms with Crippen LogP contribution in [0.2, 0.25) is 0 Å². The monoisotopic (exact) mass is 129 g/mol.